The highest BCUT2D eigenvalue weighted by molar-refractivity contribution is 6.00. The number of anilines is 1. The van der Waals surface area contributed by atoms with Crippen LogP contribution in [0.1, 0.15) is 31.2 Å². The van der Waals surface area contributed by atoms with Crippen molar-refractivity contribution in [1.82, 2.24) is 19.9 Å². The molecule has 2 N–H and O–H groups in total. The van der Waals surface area contributed by atoms with E-state index in [4.69, 9.17) is 9.15 Å². The van der Waals surface area contributed by atoms with Gasteiger partial charge in [0.2, 0.25) is 11.8 Å². The fourth-order valence-electron chi connectivity index (χ4n) is 4.57. The SMILES string of the molecule is COc1ccc2nccc(NC(=O)C3CCC(NCc4ccc5c(c4)oc(=O)n5C)CC3)c2n1. The Morgan fingerprint density at radius 3 is 2.79 bits per heavy atom. The Hall–Kier alpha value is -3.72. The molecule has 1 saturated carbocycles. The number of benzene rings is 1. The first-order valence-corrected chi connectivity index (χ1v) is 11.4. The molecule has 1 aromatic carbocycles. The highest BCUT2D eigenvalue weighted by Crippen LogP contribution is 2.28. The van der Waals surface area contributed by atoms with Gasteiger partial charge in [0.1, 0.15) is 5.52 Å². The number of hydrogen-bond donors (Lipinski definition) is 2. The fraction of sp³-hybridized carbons (Fsp3) is 0.360. The molecule has 1 amide bonds. The van der Waals surface area contributed by atoms with Gasteiger partial charge in [0, 0.05) is 37.8 Å². The van der Waals surface area contributed by atoms with E-state index in [2.05, 4.69) is 20.6 Å². The number of aromatic nitrogens is 3. The van der Waals surface area contributed by atoms with E-state index in [1.165, 1.54) is 4.57 Å². The summed E-state index contributed by atoms with van der Waals surface area (Å²) in [5, 5.41) is 6.63. The van der Waals surface area contributed by atoms with Gasteiger partial charge in [0.05, 0.1) is 23.8 Å². The number of pyridine rings is 2. The first-order chi connectivity index (χ1) is 16.5. The van der Waals surface area contributed by atoms with Gasteiger partial charge < -0.3 is 19.8 Å². The molecule has 0 unspecified atom stereocenters. The van der Waals surface area contributed by atoms with Crippen LogP contribution in [-0.4, -0.2) is 33.6 Å². The zero-order valence-electron chi connectivity index (χ0n) is 19.2. The van der Waals surface area contributed by atoms with Crippen LogP contribution in [0.25, 0.3) is 22.1 Å². The van der Waals surface area contributed by atoms with E-state index >= 15 is 0 Å². The molecule has 34 heavy (non-hydrogen) atoms. The Morgan fingerprint density at radius 1 is 1.18 bits per heavy atom. The van der Waals surface area contributed by atoms with Crippen molar-refractivity contribution in [3.8, 4) is 5.88 Å². The van der Waals surface area contributed by atoms with Gasteiger partial charge >= 0.3 is 5.76 Å². The van der Waals surface area contributed by atoms with Crippen LogP contribution in [0.2, 0.25) is 0 Å². The molecule has 9 heteroatoms. The van der Waals surface area contributed by atoms with E-state index < -0.39 is 0 Å². The topological polar surface area (TPSA) is 111 Å². The van der Waals surface area contributed by atoms with E-state index in [-0.39, 0.29) is 17.6 Å². The summed E-state index contributed by atoms with van der Waals surface area (Å²) in [5.41, 5.74) is 4.43. The third-order valence-corrected chi connectivity index (χ3v) is 6.57. The van der Waals surface area contributed by atoms with Gasteiger partial charge in [-0.25, -0.2) is 9.78 Å². The molecule has 0 saturated heterocycles. The molecule has 5 rings (SSSR count). The van der Waals surface area contributed by atoms with Crippen molar-refractivity contribution < 1.29 is 13.9 Å². The summed E-state index contributed by atoms with van der Waals surface area (Å²) in [6.07, 6.45) is 5.14. The molecule has 1 aliphatic carbocycles. The summed E-state index contributed by atoms with van der Waals surface area (Å²) in [6.45, 7) is 0.687. The predicted octanol–water partition coefficient (Wildman–Crippen LogP) is 3.37. The van der Waals surface area contributed by atoms with Gasteiger partial charge in [-0.05, 0) is 55.5 Å². The third kappa shape index (κ3) is 4.38. The lowest BCUT2D eigenvalue weighted by Crippen LogP contribution is -2.36. The number of ether oxygens (including phenoxy) is 1. The van der Waals surface area contributed by atoms with Crippen molar-refractivity contribution in [1.29, 1.82) is 0 Å². The van der Waals surface area contributed by atoms with Crippen LogP contribution in [-0.2, 0) is 18.4 Å². The summed E-state index contributed by atoms with van der Waals surface area (Å²) < 4.78 is 12.0. The number of methoxy groups -OCH3 is 1. The molecule has 9 nitrogen and oxygen atoms in total. The molecule has 0 aliphatic heterocycles. The smallest absolute Gasteiger partial charge is 0.419 e. The van der Waals surface area contributed by atoms with Gasteiger partial charge in [-0.1, -0.05) is 6.07 Å². The van der Waals surface area contributed by atoms with E-state index in [9.17, 15) is 9.59 Å². The second kappa shape index (κ2) is 9.26. The van der Waals surface area contributed by atoms with Crippen molar-refractivity contribution >= 4 is 33.7 Å². The quantitative estimate of drug-likeness (QED) is 0.453. The van der Waals surface area contributed by atoms with Crippen LogP contribution >= 0.6 is 0 Å². The minimum atomic E-state index is -0.355. The average molecular weight is 462 g/mol. The molecule has 0 bridgehead atoms. The average Bonchev–Trinajstić information content (AvgIpc) is 3.15. The number of nitrogens with zero attached hydrogens (tertiary/aromatic N) is 3. The molecule has 1 aliphatic rings. The lowest BCUT2D eigenvalue weighted by atomic mass is 9.85. The van der Waals surface area contributed by atoms with Crippen LogP contribution in [0.3, 0.4) is 0 Å². The number of rotatable bonds is 6. The maximum Gasteiger partial charge on any atom is 0.419 e. The van der Waals surface area contributed by atoms with Gasteiger partial charge in [-0.2, -0.15) is 0 Å². The summed E-state index contributed by atoms with van der Waals surface area (Å²) in [6, 6.07) is 11.5. The third-order valence-electron chi connectivity index (χ3n) is 6.57. The summed E-state index contributed by atoms with van der Waals surface area (Å²) in [5.74, 6) is 0.101. The van der Waals surface area contributed by atoms with Gasteiger partial charge in [-0.15, -0.1) is 0 Å². The summed E-state index contributed by atoms with van der Waals surface area (Å²) in [7, 11) is 3.26. The summed E-state index contributed by atoms with van der Waals surface area (Å²) >= 11 is 0. The first kappa shape index (κ1) is 22.1. The molecule has 3 aromatic heterocycles. The molecule has 0 radical (unpaired) electrons. The molecule has 0 atom stereocenters. The zero-order valence-corrected chi connectivity index (χ0v) is 19.2. The largest absolute Gasteiger partial charge is 0.481 e. The second-order valence-corrected chi connectivity index (χ2v) is 8.73. The molecular formula is C25H27N5O4. The second-order valence-electron chi connectivity index (χ2n) is 8.73. The van der Waals surface area contributed by atoms with Gasteiger partial charge in [-0.3, -0.25) is 14.3 Å². The van der Waals surface area contributed by atoms with Gasteiger partial charge in [0.25, 0.3) is 0 Å². The van der Waals surface area contributed by atoms with Crippen molar-refractivity contribution in [2.75, 3.05) is 12.4 Å². The number of aryl methyl sites for hydroxylation is 1. The van der Waals surface area contributed by atoms with Crippen molar-refractivity contribution in [2.45, 2.75) is 38.3 Å². The number of carbonyl (C=O) groups is 1. The minimum Gasteiger partial charge on any atom is -0.481 e. The lowest BCUT2D eigenvalue weighted by Gasteiger charge is -2.28. The maximum atomic E-state index is 13.0. The Morgan fingerprint density at radius 2 is 2.00 bits per heavy atom. The molecule has 1 fully saturated rings. The monoisotopic (exact) mass is 461 g/mol. The standard InChI is InChI=1S/C25H27N5O4/c1-30-20-9-3-15(13-21(20)34-25(30)32)14-27-17-6-4-16(5-7-17)24(31)28-19-11-12-26-18-8-10-22(33-2)29-23(18)19/h3,8-13,16-17,27H,4-7,14H2,1-2H3,(H,26,28,31). The predicted molar refractivity (Wildman–Crippen MR) is 129 cm³/mol. The van der Waals surface area contributed by atoms with E-state index in [0.29, 0.717) is 40.8 Å². The fourth-order valence-corrected chi connectivity index (χ4v) is 4.57. The number of fused-ring (bicyclic) bond motifs is 2. The molecule has 176 valence electrons. The molecular weight excluding hydrogens is 434 g/mol. The Balaban J connectivity index is 1.17. The molecule has 0 spiro atoms. The number of amides is 1. The van der Waals surface area contributed by atoms with Crippen molar-refractivity contribution in [3.05, 3.63) is 58.7 Å². The zero-order chi connectivity index (χ0) is 23.7. The van der Waals surface area contributed by atoms with Crippen molar-refractivity contribution in [3.63, 3.8) is 0 Å². The number of hydrogen-bond acceptors (Lipinski definition) is 7. The van der Waals surface area contributed by atoms with E-state index in [0.717, 1.165) is 36.8 Å². The Bertz CT molecular complexity index is 1400. The molecule has 3 heterocycles. The van der Waals surface area contributed by atoms with Crippen molar-refractivity contribution in [2.24, 2.45) is 13.0 Å². The Kier molecular flexibility index (Phi) is 6.02. The summed E-state index contributed by atoms with van der Waals surface area (Å²) in [4.78, 5) is 33.4. The first-order valence-electron chi connectivity index (χ1n) is 11.4. The molecule has 4 aromatic rings. The maximum absolute atomic E-state index is 13.0. The Labute approximate surface area is 196 Å². The number of nitrogens with one attached hydrogen (secondary N) is 2. The van der Waals surface area contributed by atoms with Crippen LogP contribution in [0.5, 0.6) is 5.88 Å². The van der Waals surface area contributed by atoms with E-state index in [1.54, 1.807) is 32.5 Å². The normalized spacial score (nSPS) is 18.3. The minimum absolute atomic E-state index is 0.0140. The van der Waals surface area contributed by atoms with Crippen LogP contribution in [0, 0.1) is 5.92 Å². The highest BCUT2D eigenvalue weighted by atomic mass is 16.5. The van der Waals surface area contributed by atoms with Crippen LogP contribution in [0.4, 0.5) is 5.69 Å². The van der Waals surface area contributed by atoms with E-state index in [1.807, 2.05) is 24.3 Å². The number of oxazole rings is 1. The van der Waals surface area contributed by atoms with Crippen LogP contribution in [0.15, 0.2) is 51.8 Å². The van der Waals surface area contributed by atoms with Crippen LogP contribution < -0.4 is 21.1 Å². The highest BCUT2D eigenvalue weighted by Gasteiger charge is 2.26. The van der Waals surface area contributed by atoms with Gasteiger partial charge in [0.15, 0.2) is 5.58 Å². The number of carbonyl (C=O) groups excluding carboxylic acids is 1. The lowest BCUT2D eigenvalue weighted by molar-refractivity contribution is -0.120.